The van der Waals surface area contributed by atoms with E-state index in [4.69, 9.17) is 15.1 Å². The molecular formula is C9H16O5P+. The van der Waals surface area contributed by atoms with Crippen LogP contribution in [0.3, 0.4) is 0 Å². The molecule has 0 amide bonds. The lowest BCUT2D eigenvalue weighted by molar-refractivity contribution is 0.115. The summed E-state index contributed by atoms with van der Waals surface area (Å²) in [7, 11) is -2.26. The highest BCUT2D eigenvalue weighted by Crippen LogP contribution is 2.27. The van der Waals surface area contributed by atoms with Crippen molar-refractivity contribution in [3.8, 4) is 0 Å². The van der Waals surface area contributed by atoms with Crippen molar-refractivity contribution in [1.29, 1.82) is 0 Å². The molecule has 0 radical (unpaired) electrons. The lowest BCUT2D eigenvalue weighted by Crippen LogP contribution is -2.29. The quantitative estimate of drug-likeness (QED) is 0.514. The van der Waals surface area contributed by atoms with Crippen molar-refractivity contribution in [3.05, 3.63) is 24.3 Å². The first kappa shape index (κ1) is 14.4. The molecule has 4 N–H and O–H groups in total. The number of aliphatic hydroxyl groups excluding tert-OH is 2. The second-order valence-corrected chi connectivity index (χ2v) is 4.07. The zero-order valence-corrected chi connectivity index (χ0v) is 9.18. The van der Waals surface area contributed by atoms with E-state index in [1.807, 2.05) is 0 Å². The van der Waals surface area contributed by atoms with Gasteiger partial charge in [-0.15, -0.1) is 0 Å². The van der Waals surface area contributed by atoms with Crippen LogP contribution in [0.15, 0.2) is 24.3 Å². The van der Waals surface area contributed by atoms with Crippen LogP contribution in [-0.4, -0.2) is 45.2 Å². The maximum atomic E-state index is 10.4. The van der Waals surface area contributed by atoms with Crippen LogP contribution in [0.1, 0.15) is 6.42 Å². The Labute approximate surface area is 89.2 Å². The first-order valence-corrected chi connectivity index (χ1v) is 5.86. The Hall–Kier alpha value is -0.580. The molecule has 0 spiro atoms. The van der Waals surface area contributed by atoms with Crippen LogP contribution in [-0.2, 0) is 4.57 Å². The summed E-state index contributed by atoms with van der Waals surface area (Å²) in [5, 5.41) is 24.8. The van der Waals surface area contributed by atoms with Gasteiger partial charge in [0.05, 0.1) is 13.2 Å². The van der Waals surface area contributed by atoms with Crippen molar-refractivity contribution in [2.45, 2.75) is 12.0 Å². The maximum absolute atomic E-state index is 10.4. The van der Waals surface area contributed by atoms with Crippen molar-refractivity contribution < 1.29 is 24.8 Å². The van der Waals surface area contributed by atoms with Gasteiger partial charge < -0.3 is 15.3 Å². The molecule has 0 heterocycles. The highest BCUT2D eigenvalue weighted by molar-refractivity contribution is 7.38. The zero-order chi connectivity index (χ0) is 11.7. The van der Waals surface area contributed by atoms with Gasteiger partial charge in [0.2, 0.25) is 6.16 Å². The lowest BCUT2D eigenvalue weighted by Gasteiger charge is -2.18. The van der Waals surface area contributed by atoms with Crippen LogP contribution in [0.5, 0.6) is 0 Å². The third-order valence-corrected chi connectivity index (χ3v) is 2.45. The average Bonchev–Trinajstić information content (AvgIpc) is 2.17. The zero-order valence-electron chi connectivity index (χ0n) is 8.28. The molecule has 15 heavy (non-hydrogen) atoms. The molecule has 0 saturated carbocycles. The van der Waals surface area contributed by atoms with Crippen LogP contribution in [0.25, 0.3) is 0 Å². The van der Waals surface area contributed by atoms with Crippen molar-refractivity contribution in [2.75, 3.05) is 19.4 Å². The normalized spacial score (nSPS) is 24.4. The van der Waals surface area contributed by atoms with E-state index >= 15 is 0 Å². The van der Waals surface area contributed by atoms with Crippen molar-refractivity contribution in [2.24, 2.45) is 0 Å². The summed E-state index contributed by atoms with van der Waals surface area (Å²) in [6.45, 7) is -0.250. The summed E-state index contributed by atoms with van der Waals surface area (Å²) in [5.41, 5.74) is -1.10. The molecule has 1 aliphatic carbocycles. The number of aliphatic hydroxyl groups is 3. The van der Waals surface area contributed by atoms with E-state index in [9.17, 15) is 9.67 Å². The van der Waals surface area contributed by atoms with Gasteiger partial charge in [-0.1, -0.05) is 18.2 Å². The molecule has 2 atom stereocenters. The smallest absolute Gasteiger partial charge is 0.394 e. The van der Waals surface area contributed by atoms with Crippen molar-refractivity contribution in [3.63, 3.8) is 0 Å². The predicted molar refractivity (Wildman–Crippen MR) is 56.7 cm³/mol. The average molecular weight is 235 g/mol. The van der Waals surface area contributed by atoms with E-state index in [1.165, 1.54) is 0 Å². The van der Waals surface area contributed by atoms with Gasteiger partial charge >= 0.3 is 8.03 Å². The second-order valence-electron chi connectivity index (χ2n) is 3.05. The molecule has 1 rings (SSSR count). The van der Waals surface area contributed by atoms with Gasteiger partial charge in [0.1, 0.15) is 5.60 Å². The monoisotopic (exact) mass is 235 g/mol. The van der Waals surface area contributed by atoms with Crippen molar-refractivity contribution >= 4 is 8.03 Å². The third-order valence-electron chi connectivity index (χ3n) is 1.63. The molecule has 0 aromatic heterocycles. The summed E-state index contributed by atoms with van der Waals surface area (Å²) < 4.78 is 10.4. The van der Waals surface area contributed by atoms with Crippen LogP contribution < -0.4 is 0 Å². The molecule has 0 aliphatic heterocycles. The van der Waals surface area contributed by atoms with Gasteiger partial charge in [0, 0.05) is 6.42 Å². The van der Waals surface area contributed by atoms with Crippen LogP contribution in [0.2, 0.25) is 0 Å². The number of hydrogen-bond acceptors (Lipinski definition) is 4. The Morgan fingerprint density at radius 2 is 1.87 bits per heavy atom. The minimum Gasteiger partial charge on any atom is -0.394 e. The molecule has 1 aliphatic rings. The largest absolute Gasteiger partial charge is 0.508 e. The molecule has 2 unspecified atom stereocenters. The minimum atomic E-state index is -2.26. The van der Waals surface area contributed by atoms with Crippen LogP contribution >= 0.6 is 8.03 Å². The molecule has 0 saturated heterocycles. The van der Waals surface area contributed by atoms with Gasteiger partial charge in [-0.25, -0.2) is 0 Å². The number of rotatable bonds is 3. The topological polar surface area (TPSA) is 98.0 Å². The maximum Gasteiger partial charge on any atom is 0.508 e. The highest BCUT2D eigenvalue weighted by atomic mass is 31.1. The fourth-order valence-corrected chi connectivity index (χ4v) is 1.71. The highest BCUT2D eigenvalue weighted by Gasteiger charge is 2.33. The predicted octanol–water partition coefficient (Wildman–Crippen LogP) is -0.0607. The fourth-order valence-electron chi connectivity index (χ4n) is 1.00. The molecule has 0 fully saturated rings. The number of hydrogen-bond donors (Lipinski definition) is 4. The standard InChI is InChI=1S/C7H9O3P.C2H6O2/c8-7(6-11(9)10)4-2-1-3-5-7;3-1-2-4/h1-4,8H,5-6H2;3-4H,1-2H2/p+1. The minimum absolute atomic E-state index is 0.0802. The Balaban J connectivity index is 0.000000423. The summed E-state index contributed by atoms with van der Waals surface area (Å²) in [5.74, 6) is 0. The first-order chi connectivity index (χ1) is 7.04. The van der Waals surface area contributed by atoms with Crippen LogP contribution in [0.4, 0.5) is 0 Å². The van der Waals surface area contributed by atoms with Gasteiger partial charge in [-0.05, 0) is 10.6 Å². The summed E-state index contributed by atoms with van der Waals surface area (Å²) in [6.07, 6.45) is 7.16. The molecule has 86 valence electrons. The van der Waals surface area contributed by atoms with E-state index in [-0.39, 0.29) is 19.4 Å². The first-order valence-electron chi connectivity index (χ1n) is 4.46. The Bertz CT molecular complexity index is 249. The third kappa shape index (κ3) is 7.36. The fraction of sp³-hybridized carbons (Fsp3) is 0.556. The molecule has 0 bridgehead atoms. The molecule has 0 aromatic rings. The second kappa shape index (κ2) is 7.68. The summed E-state index contributed by atoms with van der Waals surface area (Å²) in [6, 6.07) is 0. The molecule has 0 aromatic carbocycles. The van der Waals surface area contributed by atoms with E-state index < -0.39 is 13.6 Å². The Kier molecular flexibility index (Phi) is 7.38. The van der Waals surface area contributed by atoms with Crippen LogP contribution in [0, 0.1) is 0 Å². The SMILES string of the molecule is O=[P+](O)CC1(O)C=CC=CC1.OCCO. The molecular weight excluding hydrogens is 219 g/mol. The lowest BCUT2D eigenvalue weighted by atomic mass is 9.98. The van der Waals surface area contributed by atoms with Gasteiger partial charge in [0.25, 0.3) is 0 Å². The van der Waals surface area contributed by atoms with E-state index in [0.29, 0.717) is 6.42 Å². The molecule has 6 heteroatoms. The molecule has 5 nitrogen and oxygen atoms in total. The van der Waals surface area contributed by atoms with Gasteiger partial charge in [-0.2, -0.15) is 4.89 Å². The van der Waals surface area contributed by atoms with E-state index in [1.54, 1.807) is 24.3 Å². The summed E-state index contributed by atoms with van der Waals surface area (Å²) in [4.78, 5) is 8.56. The summed E-state index contributed by atoms with van der Waals surface area (Å²) >= 11 is 0. The van der Waals surface area contributed by atoms with Crippen molar-refractivity contribution in [1.82, 2.24) is 0 Å². The number of allylic oxidation sites excluding steroid dienone is 2. The van der Waals surface area contributed by atoms with E-state index in [2.05, 4.69) is 0 Å². The van der Waals surface area contributed by atoms with Gasteiger partial charge in [0.15, 0.2) is 0 Å². The van der Waals surface area contributed by atoms with Gasteiger partial charge in [-0.3, -0.25) is 0 Å². The van der Waals surface area contributed by atoms with E-state index in [0.717, 1.165) is 0 Å². The Morgan fingerprint density at radius 3 is 2.20 bits per heavy atom. The Morgan fingerprint density at radius 1 is 1.27 bits per heavy atom.